The van der Waals surface area contributed by atoms with E-state index in [4.69, 9.17) is 0 Å². The van der Waals surface area contributed by atoms with Crippen LogP contribution in [-0.4, -0.2) is 10.2 Å². The Hall–Kier alpha value is -1.23. The summed E-state index contributed by atoms with van der Waals surface area (Å²) < 4.78 is 0. The molecule has 1 saturated carbocycles. The highest BCUT2D eigenvalue weighted by Gasteiger charge is 2.27. The van der Waals surface area contributed by atoms with Crippen molar-refractivity contribution in [3.8, 4) is 11.8 Å². The monoisotopic (exact) mass is 146 g/mol. The average molecular weight is 146 g/mol. The molecule has 0 saturated heterocycles. The smallest absolute Gasteiger partial charge is 0.0657 e. The summed E-state index contributed by atoms with van der Waals surface area (Å²) in [5.41, 5.74) is 2.31. The van der Waals surface area contributed by atoms with Crippen molar-refractivity contribution in [2.24, 2.45) is 0 Å². The summed E-state index contributed by atoms with van der Waals surface area (Å²) in [4.78, 5) is 0. The number of aromatic amines is 1. The maximum atomic E-state index is 3.97. The van der Waals surface area contributed by atoms with Gasteiger partial charge in [0.1, 0.15) is 0 Å². The van der Waals surface area contributed by atoms with Gasteiger partial charge < -0.3 is 0 Å². The first-order valence-electron chi connectivity index (χ1n) is 3.88. The molecule has 0 aliphatic heterocycles. The van der Waals surface area contributed by atoms with Gasteiger partial charge in [0.2, 0.25) is 0 Å². The molecule has 1 heterocycles. The van der Waals surface area contributed by atoms with Gasteiger partial charge in [-0.3, -0.25) is 5.10 Å². The zero-order valence-electron chi connectivity index (χ0n) is 6.52. The molecule has 1 aliphatic carbocycles. The second kappa shape index (κ2) is 2.43. The van der Waals surface area contributed by atoms with Crippen LogP contribution in [0.5, 0.6) is 0 Å². The van der Waals surface area contributed by atoms with Gasteiger partial charge in [-0.05, 0) is 19.8 Å². The van der Waals surface area contributed by atoms with Gasteiger partial charge in [0, 0.05) is 5.92 Å². The van der Waals surface area contributed by atoms with E-state index in [0.717, 1.165) is 5.56 Å². The lowest BCUT2D eigenvalue weighted by molar-refractivity contribution is 0.963. The number of nitrogens with zero attached hydrogens (tertiary/aromatic N) is 1. The molecule has 1 fully saturated rings. The zero-order valence-corrected chi connectivity index (χ0v) is 6.52. The van der Waals surface area contributed by atoms with Gasteiger partial charge >= 0.3 is 0 Å². The molecule has 2 heteroatoms. The Bertz CT molecular complexity index is 310. The summed E-state index contributed by atoms with van der Waals surface area (Å²) in [6.07, 6.45) is 4.39. The Morgan fingerprint density at radius 3 is 3.09 bits per heavy atom. The quantitative estimate of drug-likeness (QED) is 0.600. The molecule has 2 rings (SSSR count). The van der Waals surface area contributed by atoms with E-state index in [1.807, 2.05) is 13.1 Å². The molecule has 1 aromatic rings. The van der Waals surface area contributed by atoms with E-state index >= 15 is 0 Å². The van der Waals surface area contributed by atoms with Crippen LogP contribution in [0, 0.1) is 11.8 Å². The molecular formula is C9H10N2. The summed E-state index contributed by atoms with van der Waals surface area (Å²) in [5.74, 6) is 6.63. The number of H-pyrrole nitrogens is 1. The van der Waals surface area contributed by atoms with Crippen LogP contribution in [0.2, 0.25) is 0 Å². The lowest BCUT2D eigenvalue weighted by Crippen LogP contribution is -1.82. The maximum absolute atomic E-state index is 3.97. The maximum Gasteiger partial charge on any atom is 0.0657 e. The van der Waals surface area contributed by atoms with Gasteiger partial charge in [0.05, 0.1) is 17.5 Å². The van der Waals surface area contributed by atoms with Gasteiger partial charge in [-0.2, -0.15) is 5.10 Å². The van der Waals surface area contributed by atoms with Gasteiger partial charge in [0.25, 0.3) is 0 Å². The number of aromatic nitrogens is 2. The van der Waals surface area contributed by atoms with Gasteiger partial charge in [-0.25, -0.2) is 0 Å². The first-order chi connectivity index (χ1) is 5.42. The Morgan fingerprint density at radius 2 is 2.45 bits per heavy atom. The minimum Gasteiger partial charge on any atom is -0.281 e. The molecule has 2 nitrogen and oxygen atoms in total. The highest BCUT2D eigenvalue weighted by atomic mass is 15.1. The van der Waals surface area contributed by atoms with Crippen molar-refractivity contribution in [2.45, 2.75) is 25.7 Å². The van der Waals surface area contributed by atoms with Gasteiger partial charge in [0.15, 0.2) is 0 Å². The van der Waals surface area contributed by atoms with Crippen LogP contribution in [-0.2, 0) is 0 Å². The average Bonchev–Trinajstić information content (AvgIpc) is 2.75. The first-order valence-corrected chi connectivity index (χ1v) is 3.88. The summed E-state index contributed by atoms with van der Waals surface area (Å²) in [6, 6.07) is 0. The first kappa shape index (κ1) is 6.48. The Morgan fingerprint density at radius 1 is 1.64 bits per heavy atom. The highest BCUT2D eigenvalue weighted by Crippen LogP contribution is 2.40. The molecule has 0 aromatic carbocycles. The molecule has 0 unspecified atom stereocenters. The zero-order chi connectivity index (χ0) is 7.68. The number of hydrogen-bond acceptors (Lipinski definition) is 1. The molecule has 0 spiro atoms. The van der Waals surface area contributed by atoms with Crippen molar-refractivity contribution >= 4 is 0 Å². The standard InChI is InChI=1S/C9H10N2/c1-2-3-8-6-10-11-9(8)7-4-5-7/h6-7H,4-5H2,1H3,(H,10,11). The minimum atomic E-state index is 0.716. The Kier molecular flexibility index (Phi) is 1.43. The summed E-state index contributed by atoms with van der Waals surface area (Å²) in [5, 5.41) is 6.97. The van der Waals surface area contributed by atoms with Crippen LogP contribution in [0.15, 0.2) is 6.20 Å². The fraction of sp³-hybridized carbons (Fsp3) is 0.444. The predicted octanol–water partition coefficient (Wildman–Crippen LogP) is 1.66. The van der Waals surface area contributed by atoms with Crippen LogP contribution in [0.4, 0.5) is 0 Å². The van der Waals surface area contributed by atoms with Crippen LogP contribution in [0.1, 0.15) is 36.9 Å². The fourth-order valence-electron chi connectivity index (χ4n) is 1.21. The van der Waals surface area contributed by atoms with Crippen molar-refractivity contribution in [3.63, 3.8) is 0 Å². The van der Waals surface area contributed by atoms with E-state index in [1.54, 1.807) is 0 Å². The van der Waals surface area contributed by atoms with Crippen molar-refractivity contribution in [3.05, 3.63) is 17.5 Å². The third kappa shape index (κ3) is 1.14. The third-order valence-electron chi connectivity index (χ3n) is 1.91. The molecule has 1 aliphatic rings. The van der Waals surface area contributed by atoms with Gasteiger partial charge in [-0.1, -0.05) is 5.92 Å². The lowest BCUT2D eigenvalue weighted by Gasteiger charge is -1.89. The topological polar surface area (TPSA) is 28.7 Å². The lowest BCUT2D eigenvalue weighted by atomic mass is 10.2. The summed E-state index contributed by atoms with van der Waals surface area (Å²) in [6.45, 7) is 1.85. The molecule has 0 radical (unpaired) electrons. The van der Waals surface area contributed by atoms with E-state index in [2.05, 4.69) is 22.0 Å². The van der Waals surface area contributed by atoms with Gasteiger partial charge in [-0.15, -0.1) is 5.92 Å². The van der Waals surface area contributed by atoms with Crippen molar-refractivity contribution < 1.29 is 0 Å². The SMILES string of the molecule is CC#Cc1cn[nH]c1C1CC1. The second-order valence-electron chi connectivity index (χ2n) is 2.85. The number of nitrogens with one attached hydrogen (secondary N) is 1. The van der Waals surface area contributed by atoms with E-state index in [1.165, 1.54) is 18.5 Å². The minimum absolute atomic E-state index is 0.716. The highest BCUT2D eigenvalue weighted by molar-refractivity contribution is 5.38. The van der Waals surface area contributed by atoms with Crippen LogP contribution in [0.25, 0.3) is 0 Å². The van der Waals surface area contributed by atoms with Crippen molar-refractivity contribution in [2.75, 3.05) is 0 Å². The molecule has 0 atom stereocenters. The third-order valence-corrected chi connectivity index (χ3v) is 1.91. The molecule has 56 valence electrons. The molecule has 0 amide bonds. The fourth-order valence-corrected chi connectivity index (χ4v) is 1.21. The summed E-state index contributed by atoms with van der Waals surface area (Å²) >= 11 is 0. The predicted molar refractivity (Wildman–Crippen MR) is 43.1 cm³/mol. The van der Waals surface area contributed by atoms with Crippen LogP contribution >= 0.6 is 0 Å². The van der Waals surface area contributed by atoms with E-state index in [0.29, 0.717) is 5.92 Å². The van der Waals surface area contributed by atoms with E-state index < -0.39 is 0 Å². The Balaban J connectivity index is 2.34. The molecule has 1 N–H and O–H groups in total. The van der Waals surface area contributed by atoms with Crippen LogP contribution in [0.3, 0.4) is 0 Å². The molecule has 1 aromatic heterocycles. The number of hydrogen-bond donors (Lipinski definition) is 1. The molecule has 0 bridgehead atoms. The van der Waals surface area contributed by atoms with E-state index in [9.17, 15) is 0 Å². The largest absolute Gasteiger partial charge is 0.281 e. The Labute approximate surface area is 66.0 Å². The van der Waals surface area contributed by atoms with Crippen LogP contribution < -0.4 is 0 Å². The van der Waals surface area contributed by atoms with E-state index in [-0.39, 0.29) is 0 Å². The number of rotatable bonds is 1. The normalized spacial score (nSPS) is 15.7. The molecule has 11 heavy (non-hydrogen) atoms. The van der Waals surface area contributed by atoms with Crippen molar-refractivity contribution in [1.29, 1.82) is 0 Å². The second-order valence-corrected chi connectivity index (χ2v) is 2.85. The molecular weight excluding hydrogens is 136 g/mol. The van der Waals surface area contributed by atoms with Crippen molar-refractivity contribution in [1.82, 2.24) is 10.2 Å². The summed E-state index contributed by atoms with van der Waals surface area (Å²) in [7, 11) is 0.